The predicted molar refractivity (Wildman–Crippen MR) is 82.4 cm³/mol. The van der Waals surface area contributed by atoms with Crippen LogP contribution in [0.3, 0.4) is 0 Å². The second kappa shape index (κ2) is 6.07. The first-order valence-electron chi connectivity index (χ1n) is 6.86. The van der Waals surface area contributed by atoms with Crippen molar-refractivity contribution in [1.82, 2.24) is 5.32 Å². The summed E-state index contributed by atoms with van der Waals surface area (Å²) in [5.41, 5.74) is 2.86. The second-order valence-electron chi connectivity index (χ2n) is 5.23. The van der Waals surface area contributed by atoms with E-state index in [2.05, 4.69) is 65.2 Å². The minimum absolute atomic E-state index is 0.668. The lowest BCUT2D eigenvalue weighted by molar-refractivity contribution is 0.338. The SMILES string of the molecule is CCc1cc(Br)ccc1N1CCC(NC)C(C)C1. The molecular weight excluding hydrogens is 288 g/mol. The summed E-state index contributed by atoms with van der Waals surface area (Å²) < 4.78 is 1.18. The highest BCUT2D eigenvalue weighted by Gasteiger charge is 2.25. The quantitative estimate of drug-likeness (QED) is 0.920. The molecule has 2 nitrogen and oxygen atoms in total. The summed E-state index contributed by atoms with van der Waals surface area (Å²) in [5, 5.41) is 3.43. The van der Waals surface area contributed by atoms with Gasteiger partial charge < -0.3 is 10.2 Å². The fraction of sp³-hybridized carbons (Fsp3) is 0.600. The normalized spacial score (nSPS) is 24.3. The highest BCUT2D eigenvalue weighted by molar-refractivity contribution is 9.10. The molecule has 0 saturated carbocycles. The van der Waals surface area contributed by atoms with Crippen molar-refractivity contribution in [1.29, 1.82) is 0 Å². The number of rotatable bonds is 3. The van der Waals surface area contributed by atoms with E-state index in [9.17, 15) is 0 Å². The van der Waals surface area contributed by atoms with Crippen molar-refractivity contribution in [3.63, 3.8) is 0 Å². The van der Waals surface area contributed by atoms with Crippen molar-refractivity contribution < 1.29 is 0 Å². The van der Waals surface area contributed by atoms with Crippen LogP contribution in [-0.2, 0) is 6.42 Å². The molecule has 1 fully saturated rings. The Labute approximate surface area is 119 Å². The van der Waals surface area contributed by atoms with Crippen LogP contribution in [-0.4, -0.2) is 26.2 Å². The Morgan fingerprint density at radius 1 is 1.44 bits per heavy atom. The first-order chi connectivity index (χ1) is 8.65. The van der Waals surface area contributed by atoms with Gasteiger partial charge in [0.25, 0.3) is 0 Å². The van der Waals surface area contributed by atoms with Crippen LogP contribution in [0.25, 0.3) is 0 Å². The number of benzene rings is 1. The van der Waals surface area contributed by atoms with Gasteiger partial charge in [0.1, 0.15) is 0 Å². The standard InChI is InChI=1S/C15H23BrN2/c1-4-12-9-13(16)5-6-15(12)18-8-7-14(17-3)11(2)10-18/h5-6,9,11,14,17H,4,7-8,10H2,1-3H3. The van der Waals surface area contributed by atoms with Crippen LogP contribution in [0.1, 0.15) is 25.8 Å². The van der Waals surface area contributed by atoms with Crippen LogP contribution in [0.15, 0.2) is 22.7 Å². The molecule has 0 amide bonds. The van der Waals surface area contributed by atoms with Gasteiger partial charge in [0.05, 0.1) is 0 Å². The van der Waals surface area contributed by atoms with E-state index < -0.39 is 0 Å². The Hall–Kier alpha value is -0.540. The van der Waals surface area contributed by atoms with Crippen LogP contribution in [0.4, 0.5) is 5.69 Å². The van der Waals surface area contributed by atoms with Gasteiger partial charge in [-0.1, -0.05) is 29.8 Å². The molecule has 2 rings (SSSR count). The lowest BCUT2D eigenvalue weighted by Gasteiger charge is -2.39. The molecule has 3 heteroatoms. The van der Waals surface area contributed by atoms with Gasteiger partial charge in [-0.15, -0.1) is 0 Å². The van der Waals surface area contributed by atoms with Gasteiger partial charge in [0.15, 0.2) is 0 Å². The van der Waals surface area contributed by atoms with Gasteiger partial charge >= 0.3 is 0 Å². The molecule has 0 spiro atoms. The minimum atomic E-state index is 0.668. The summed E-state index contributed by atoms with van der Waals surface area (Å²) in [4.78, 5) is 2.55. The van der Waals surface area contributed by atoms with Crippen LogP contribution < -0.4 is 10.2 Å². The zero-order valence-electron chi connectivity index (χ0n) is 11.5. The molecule has 1 heterocycles. The fourth-order valence-electron chi connectivity index (χ4n) is 2.94. The summed E-state index contributed by atoms with van der Waals surface area (Å²) in [5.74, 6) is 0.706. The maximum atomic E-state index is 3.57. The third kappa shape index (κ3) is 2.89. The molecule has 1 saturated heterocycles. The summed E-state index contributed by atoms with van der Waals surface area (Å²) in [6.45, 7) is 6.89. The molecule has 0 aliphatic carbocycles. The van der Waals surface area contributed by atoms with Gasteiger partial charge in [-0.05, 0) is 49.6 Å². The average molecular weight is 311 g/mol. The highest BCUT2D eigenvalue weighted by Crippen LogP contribution is 2.29. The molecular formula is C15H23BrN2. The van der Waals surface area contributed by atoms with Crippen molar-refractivity contribution >= 4 is 21.6 Å². The molecule has 1 aliphatic rings. The molecule has 100 valence electrons. The topological polar surface area (TPSA) is 15.3 Å². The average Bonchev–Trinajstić information content (AvgIpc) is 2.38. The minimum Gasteiger partial charge on any atom is -0.371 e. The molecule has 1 N–H and O–H groups in total. The zero-order valence-corrected chi connectivity index (χ0v) is 13.1. The third-order valence-electron chi connectivity index (χ3n) is 4.04. The van der Waals surface area contributed by atoms with E-state index in [1.54, 1.807) is 0 Å². The number of aryl methyl sites for hydroxylation is 1. The second-order valence-corrected chi connectivity index (χ2v) is 6.15. The Morgan fingerprint density at radius 2 is 2.22 bits per heavy atom. The van der Waals surface area contributed by atoms with Crippen LogP contribution in [0.5, 0.6) is 0 Å². The molecule has 0 bridgehead atoms. The summed E-state index contributed by atoms with van der Waals surface area (Å²) in [6, 6.07) is 7.34. The third-order valence-corrected chi connectivity index (χ3v) is 4.53. The number of piperidine rings is 1. The molecule has 18 heavy (non-hydrogen) atoms. The van der Waals surface area contributed by atoms with Crippen molar-refractivity contribution in [2.45, 2.75) is 32.7 Å². The van der Waals surface area contributed by atoms with Crippen LogP contribution in [0, 0.1) is 5.92 Å². The smallest absolute Gasteiger partial charge is 0.0399 e. The number of nitrogens with zero attached hydrogens (tertiary/aromatic N) is 1. The van der Waals surface area contributed by atoms with Gasteiger partial charge in [-0.2, -0.15) is 0 Å². The molecule has 1 aromatic carbocycles. The fourth-order valence-corrected chi connectivity index (χ4v) is 3.35. The van der Waals surface area contributed by atoms with E-state index >= 15 is 0 Å². The lowest BCUT2D eigenvalue weighted by Crippen LogP contribution is -2.47. The van der Waals surface area contributed by atoms with E-state index in [0.717, 1.165) is 19.5 Å². The molecule has 0 aromatic heterocycles. The van der Waals surface area contributed by atoms with Crippen molar-refractivity contribution in [2.24, 2.45) is 5.92 Å². The van der Waals surface area contributed by atoms with Gasteiger partial charge in [0, 0.05) is 29.3 Å². The van der Waals surface area contributed by atoms with Crippen molar-refractivity contribution in [3.8, 4) is 0 Å². The molecule has 1 aromatic rings. The molecule has 0 radical (unpaired) electrons. The zero-order chi connectivity index (χ0) is 13.1. The largest absolute Gasteiger partial charge is 0.371 e. The Bertz CT molecular complexity index is 405. The summed E-state index contributed by atoms with van der Waals surface area (Å²) in [6.07, 6.45) is 2.33. The van der Waals surface area contributed by atoms with Crippen molar-refractivity contribution in [2.75, 3.05) is 25.0 Å². The van der Waals surface area contributed by atoms with Gasteiger partial charge in [-0.3, -0.25) is 0 Å². The first-order valence-corrected chi connectivity index (χ1v) is 7.65. The van der Waals surface area contributed by atoms with Crippen LogP contribution >= 0.6 is 15.9 Å². The van der Waals surface area contributed by atoms with Crippen LogP contribution in [0.2, 0.25) is 0 Å². The summed E-state index contributed by atoms with van der Waals surface area (Å²) in [7, 11) is 2.08. The number of hydrogen-bond acceptors (Lipinski definition) is 2. The molecule has 2 atom stereocenters. The number of nitrogens with one attached hydrogen (secondary N) is 1. The maximum Gasteiger partial charge on any atom is 0.0399 e. The van der Waals surface area contributed by atoms with E-state index in [1.807, 2.05) is 0 Å². The first kappa shape index (κ1) is 13.9. The predicted octanol–water partition coefficient (Wildman–Crippen LogP) is 3.45. The Kier molecular flexibility index (Phi) is 4.68. The maximum absolute atomic E-state index is 3.57. The van der Waals surface area contributed by atoms with E-state index in [0.29, 0.717) is 12.0 Å². The van der Waals surface area contributed by atoms with Gasteiger partial charge in [-0.25, -0.2) is 0 Å². The van der Waals surface area contributed by atoms with Gasteiger partial charge in [0.2, 0.25) is 0 Å². The van der Waals surface area contributed by atoms with E-state index in [-0.39, 0.29) is 0 Å². The lowest BCUT2D eigenvalue weighted by atomic mass is 9.93. The molecule has 1 aliphatic heterocycles. The highest BCUT2D eigenvalue weighted by atomic mass is 79.9. The Balaban J connectivity index is 2.17. The number of anilines is 1. The van der Waals surface area contributed by atoms with E-state index in [4.69, 9.17) is 0 Å². The van der Waals surface area contributed by atoms with Crippen molar-refractivity contribution in [3.05, 3.63) is 28.2 Å². The molecule has 2 unspecified atom stereocenters. The monoisotopic (exact) mass is 310 g/mol. The number of halogens is 1. The van der Waals surface area contributed by atoms with E-state index in [1.165, 1.54) is 22.1 Å². The summed E-state index contributed by atoms with van der Waals surface area (Å²) >= 11 is 3.57. The number of hydrogen-bond donors (Lipinski definition) is 1. The Morgan fingerprint density at radius 3 is 2.83 bits per heavy atom.